The average Bonchev–Trinajstić information content (AvgIpc) is 2.81. The number of hydrogen-bond donors (Lipinski definition) is 2. The van der Waals surface area contributed by atoms with E-state index in [0.717, 1.165) is 5.56 Å². The van der Waals surface area contributed by atoms with E-state index in [9.17, 15) is 9.59 Å². The zero-order valence-corrected chi connectivity index (χ0v) is 10.7. The van der Waals surface area contributed by atoms with Crippen molar-refractivity contribution < 1.29 is 14.7 Å². The van der Waals surface area contributed by atoms with Gasteiger partial charge in [-0.25, -0.2) is 0 Å². The zero-order chi connectivity index (χ0) is 13.8. The Morgan fingerprint density at radius 3 is 2.68 bits per heavy atom. The largest absolute Gasteiger partial charge is 0.481 e. The molecule has 1 amide bonds. The number of aromatic nitrogens is 2. The number of allylic oxidation sites excluding steroid dienone is 2. The Balaban J connectivity index is 1.95. The number of hydrogen-bond acceptors (Lipinski definition) is 3. The number of carboxylic acids is 1. The molecule has 0 unspecified atom stereocenters. The molecule has 0 saturated heterocycles. The molecule has 6 nitrogen and oxygen atoms in total. The summed E-state index contributed by atoms with van der Waals surface area (Å²) in [5, 5.41) is 15.9. The third-order valence-electron chi connectivity index (χ3n) is 3.31. The number of nitrogens with one attached hydrogen (secondary N) is 1. The third kappa shape index (κ3) is 3.21. The molecular weight excluding hydrogens is 246 g/mol. The van der Waals surface area contributed by atoms with Crippen LogP contribution in [0.4, 0.5) is 0 Å². The normalized spacial score (nSPS) is 22.2. The molecule has 1 heterocycles. The number of rotatable bonds is 4. The van der Waals surface area contributed by atoms with Crippen LogP contribution in [0, 0.1) is 11.8 Å². The van der Waals surface area contributed by atoms with Crippen molar-refractivity contribution in [1.82, 2.24) is 15.1 Å². The predicted octanol–water partition coefficient (Wildman–Crippen LogP) is 0.703. The molecule has 1 aromatic rings. The van der Waals surface area contributed by atoms with Crippen LogP contribution in [0.3, 0.4) is 0 Å². The lowest BCUT2D eigenvalue weighted by Gasteiger charge is -2.24. The summed E-state index contributed by atoms with van der Waals surface area (Å²) in [6, 6.07) is 0. The van der Waals surface area contributed by atoms with Crippen molar-refractivity contribution in [3.05, 3.63) is 30.1 Å². The van der Waals surface area contributed by atoms with Crippen LogP contribution in [0.25, 0.3) is 0 Å². The maximum atomic E-state index is 12.1. The first-order valence-electron chi connectivity index (χ1n) is 6.21. The van der Waals surface area contributed by atoms with E-state index in [1.165, 1.54) is 0 Å². The molecule has 1 aliphatic rings. The summed E-state index contributed by atoms with van der Waals surface area (Å²) >= 11 is 0. The van der Waals surface area contributed by atoms with Gasteiger partial charge in [0.05, 0.1) is 18.0 Å². The molecule has 0 fully saturated rings. The van der Waals surface area contributed by atoms with Gasteiger partial charge in [-0.3, -0.25) is 14.3 Å². The number of aliphatic carboxylic acids is 1. The number of amides is 1. The highest BCUT2D eigenvalue weighted by Crippen LogP contribution is 2.26. The quantitative estimate of drug-likeness (QED) is 0.783. The molecule has 0 saturated carbocycles. The van der Waals surface area contributed by atoms with Gasteiger partial charge in [0.1, 0.15) is 0 Å². The van der Waals surface area contributed by atoms with E-state index in [2.05, 4.69) is 10.4 Å². The van der Waals surface area contributed by atoms with Crippen LogP contribution in [0.5, 0.6) is 0 Å². The number of aryl methyl sites for hydroxylation is 1. The zero-order valence-electron chi connectivity index (χ0n) is 10.7. The van der Waals surface area contributed by atoms with Gasteiger partial charge in [0.25, 0.3) is 0 Å². The molecule has 0 aliphatic heterocycles. The van der Waals surface area contributed by atoms with E-state index in [1.54, 1.807) is 17.9 Å². The molecule has 102 valence electrons. The summed E-state index contributed by atoms with van der Waals surface area (Å²) < 4.78 is 1.66. The van der Waals surface area contributed by atoms with Gasteiger partial charge >= 0.3 is 5.97 Å². The Kier molecular flexibility index (Phi) is 3.99. The summed E-state index contributed by atoms with van der Waals surface area (Å²) in [7, 11) is 1.80. The Morgan fingerprint density at radius 1 is 1.42 bits per heavy atom. The van der Waals surface area contributed by atoms with Crippen molar-refractivity contribution in [2.75, 3.05) is 0 Å². The smallest absolute Gasteiger partial charge is 0.307 e. The Morgan fingerprint density at radius 2 is 2.11 bits per heavy atom. The lowest BCUT2D eigenvalue weighted by atomic mass is 9.82. The second-order valence-electron chi connectivity index (χ2n) is 4.73. The Labute approximate surface area is 111 Å². The monoisotopic (exact) mass is 263 g/mol. The lowest BCUT2D eigenvalue weighted by molar-refractivity contribution is -0.147. The molecule has 2 N–H and O–H groups in total. The van der Waals surface area contributed by atoms with Gasteiger partial charge in [0.15, 0.2) is 0 Å². The third-order valence-corrected chi connectivity index (χ3v) is 3.31. The summed E-state index contributed by atoms with van der Waals surface area (Å²) in [4.78, 5) is 23.2. The molecule has 0 spiro atoms. The molecule has 2 atom stereocenters. The van der Waals surface area contributed by atoms with Gasteiger partial charge in [-0.05, 0) is 12.8 Å². The second-order valence-corrected chi connectivity index (χ2v) is 4.73. The van der Waals surface area contributed by atoms with Crippen LogP contribution in [0.1, 0.15) is 18.4 Å². The minimum atomic E-state index is -0.911. The van der Waals surface area contributed by atoms with Crippen LogP contribution in [0.15, 0.2) is 24.5 Å². The lowest BCUT2D eigenvalue weighted by Crippen LogP contribution is -2.38. The van der Waals surface area contributed by atoms with E-state index in [4.69, 9.17) is 5.11 Å². The number of carboxylic acid groups (broad SMARTS) is 1. The Hall–Kier alpha value is -2.11. The van der Waals surface area contributed by atoms with Crippen LogP contribution in [-0.4, -0.2) is 26.8 Å². The van der Waals surface area contributed by atoms with Crippen LogP contribution >= 0.6 is 0 Å². The van der Waals surface area contributed by atoms with Crippen molar-refractivity contribution >= 4 is 11.9 Å². The first-order valence-corrected chi connectivity index (χ1v) is 6.21. The molecule has 1 aromatic heterocycles. The molecule has 1 aliphatic carbocycles. The summed E-state index contributed by atoms with van der Waals surface area (Å²) in [6.45, 7) is 0.374. The first-order chi connectivity index (χ1) is 9.08. The van der Waals surface area contributed by atoms with E-state index in [0.29, 0.717) is 19.4 Å². The van der Waals surface area contributed by atoms with Crippen molar-refractivity contribution in [3.8, 4) is 0 Å². The minimum absolute atomic E-state index is 0.208. The molecule has 6 heteroatoms. The van der Waals surface area contributed by atoms with Crippen molar-refractivity contribution in [2.24, 2.45) is 18.9 Å². The van der Waals surface area contributed by atoms with E-state index < -0.39 is 17.8 Å². The maximum Gasteiger partial charge on any atom is 0.307 e. The fourth-order valence-electron chi connectivity index (χ4n) is 2.26. The van der Waals surface area contributed by atoms with Crippen molar-refractivity contribution in [2.45, 2.75) is 19.4 Å². The highest BCUT2D eigenvalue weighted by molar-refractivity contribution is 5.85. The first kappa shape index (κ1) is 13.3. The van der Waals surface area contributed by atoms with Gasteiger partial charge in [-0.2, -0.15) is 5.10 Å². The fraction of sp³-hybridized carbons (Fsp3) is 0.462. The highest BCUT2D eigenvalue weighted by atomic mass is 16.4. The van der Waals surface area contributed by atoms with Crippen molar-refractivity contribution in [3.63, 3.8) is 0 Å². The van der Waals surface area contributed by atoms with Gasteiger partial charge in [0.2, 0.25) is 5.91 Å². The molecular formula is C13H17N3O3. The molecule has 0 bridgehead atoms. The standard InChI is InChI=1S/C13H17N3O3/c1-16-8-9(7-15-16)6-14-12(17)10-4-2-3-5-11(10)13(18)19/h2-3,7-8,10-11H,4-6H2,1H3,(H,14,17)(H,18,19)/t10-,11-/m0/s1. The van der Waals surface area contributed by atoms with Gasteiger partial charge in [0, 0.05) is 25.4 Å². The topological polar surface area (TPSA) is 84.2 Å². The second kappa shape index (κ2) is 5.69. The highest BCUT2D eigenvalue weighted by Gasteiger charge is 2.33. The van der Waals surface area contributed by atoms with Crippen LogP contribution in [0.2, 0.25) is 0 Å². The van der Waals surface area contributed by atoms with Gasteiger partial charge < -0.3 is 10.4 Å². The summed E-state index contributed by atoms with van der Waals surface area (Å²) in [6.07, 6.45) is 8.08. The van der Waals surface area contributed by atoms with E-state index in [1.807, 2.05) is 18.3 Å². The maximum absolute atomic E-state index is 12.1. The van der Waals surface area contributed by atoms with E-state index in [-0.39, 0.29) is 5.91 Å². The van der Waals surface area contributed by atoms with Crippen LogP contribution < -0.4 is 5.32 Å². The Bertz CT molecular complexity index is 507. The molecule has 19 heavy (non-hydrogen) atoms. The summed E-state index contributed by atoms with van der Waals surface area (Å²) in [5.74, 6) is -2.23. The number of carbonyl (C=O) groups excluding carboxylic acids is 1. The predicted molar refractivity (Wildman–Crippen MR) is 68.0 cm³/mol. The van der Waals surface area contributed by atoms with Gasteiger partial charge in [-0.1, -0.05) is 12.2 Å². The summed E-state index contributed by atoms with van der Waals surface area (Å²) in [5.41, 5.74) is 0.897. The molecule has 0 radical (unpaired) electrons. The fourth-order valence-corrected chi connectivity index (χ4v) is 2.26. The molecule has 0 aromatic carbocycles. The minimum Gasteiger partial charge on any atom is -0.481 e. The van der Waals surface area contributed by atoms with E-state index >= 15 is 0 Å². The number of carbonyl (C=O) groups is 2. The number of nitrogens with zero attached hydrogens (tertiary/aromatic N) is 2. The molecule has 2 rings (SSSR count). The SMILES string of the molecule is Cn1cc(CNC(=O)[C@H]2CC=CC[C@@H]2C(=O)O)cn1. The van der Waals surface area contributed by atoms with Gasteiger partial charge in [-0.15, -0.1) is 0 Å². The average molecular weight is 263 g/mol. The van der Waals surface area contributed by atoms with Crippen LogP contribution in [-0.2, 0) is 23.2 Å². The van der Waals surface area contributed by atoms with Crippen molar-refractivity contribution in [1.29, 1.82) is 0 Å².